The Bertz CT molecular complexity index is 987. The molecule has 31 heavy (non-hydrogen) atoms. The fourth-order valence-electron chi connectivity index (χ4n) is 4.45. The highest BCUT2D eigenvalue weighted by atomic mass is 127. The summed E-state index contributed by atoms with van der Waals surface area (Å²) in [6, 6.07) is 28.3. The lowest BCUT2D eigenvalue weighted by atomic mass is 9.88. The highest BCUT2D eigenvalue weighted by molar-refractivity contribution is 14.1. The lowest BCUT2D eigenvalue weighted by molar-refractivity contribution is -0.887. The molecule has 0 bridgehead atoms. The Morgan fingerprint density at radius 2 is 1.42 bits per heavy atom. The van der Waals surface area contributed by atoms with Crippen molar-refractivity contribution in [2.24, 2.45) is 0 Å². The Labute approximate surface area is 200 Å². The van der Waals surface area contributed by atoms with Crippen molar-refractivity contribution < 1.29 is 9.64 Å². The highest BCUT2D eigenvalue weighted by Crippen LogP contribution is 2.35. The van der Waals surface area contributed by atoms with Crippen LogP contribution in [0.4, 0.5) is 0 Å². The molecule has 0 amide bonds. The molecular weight excluding hydrogens is 493 g/mol. The van der Waals surface area contributed by atoms with Crippen molar-refractivity contribution in [3.8, 4) is 5.75 Å². The molecule has 0 unspecified atom stereocenters. The Morgan fingerprint density at radius 1 is 0.806 bits per heavy atom. The summed E-state index contributed by atoms with van der Waals surface area (Å²) in [6.07, 6.45) is 3.69. The maximum absolute atomic E-state index is 6.06. The molecule has 3 heteroatoms. The summed E-state index contributed by atoms with van der Waals surface area (Å²) in [6.45, 7) is 6.73. The largest absolute Gasteiger partial charge is 0.488 e. The SMILES string of the molecule is CC/C(=C(\c1ccc(I)cc1)c1ccc(OCC[NH+]2CCCC2)cc1)c1ccccc1. The van der Waals surface area contributed by atoms with Gasteiger partial charge in [0.2, 0.25) is 0 Å². The normalized spacial score (nSPS) is 15.0. The van der Waals surface area contributed by atoms with E-state index in [4.69, 9.17) is 4.74 Å². The zero-order valence-corrected chi connectivity index (χ0v) is 20.4. The Kier molecular flexibility index (Phi) is 7.81. The number of hydrogen-bond acceptors (Lipinski definition) is 1. The summed E-state index contributed by atoms with van der Waals surface area (Å²) in [4.78, 5) is 1.68. The predicted octanol–water partition coefficient (Wildman–Crippen LogP) is 5.72. The van der Waals surface area contributed by atoms with Crippen LogP contribution in [0.1, 0.15) is 42.9 Å². The summed E-state index contributed by atoms with van der Waals surface area (Å²) in [5, 5.41) is 0. The van der Waals surface area contributed by atoms with Crippen molar-refractivity contribution in [1.82, 2.24) is 0 Å². The van der Waals surface area contributed by atoms with E-state index in [0.717, 1.165) is 25.3 Å². The highest BCUT2D eigenvalue weighted by Gasteiger charge is 2.15. The second-order valence-corrected chi connectivity index (χ2v) is 9.41. The van der Waals surface area contributed by atoms with Crippen molar-refractivity contribution in [3.63, 3.8) is 0 Å². The van der Waals surface area contributed by atoms with Gasteiger partial charge in [0.05, 0.1) is 13.1 Å². The van der Waals surface area contributed by atoms with E-state index in [1.165, 1.54) is 57.3 Å². The number of benzene rings is 3. The number of ether oxygens (including phenoxy) is 1. The average Bonchev–Trinajstić information content (AvgIpc) is 3.33. The molecule has 1 saturated heterocycles. The quantitative estimate of drug-likeness (QED) is 0.294. The lowest BCUT2D eigenvalue weighted by Crippen LogP contribution is -3.10. The minimum atomic E-state index is 0.790. The standard InChI is InChI=1S/C28H30INO/c1-2-27(22-8-4-3-5-9-22)28(23-10-14-25(29)15-11-23)24-12-16-26(17-13-24)31-21-20-30-18-6-7-19-30/h3-5,8-17H,2,6-7,18-21H2,1H3/p+1/b28-27-. The molecule has 1 aliphatic rings. The van der Waals surface area contributed by atoms with Crippen LogP contribution >= 0.6 is 22.6 Å². The molecule has 1 aliphatic heterocycles. The first-order valence-corrected chi connectivity index (χ1v) is 12.4. The molecule has 1 heterocycles. The molecule has 160 valence electrons. The van der Waals surface area contributed by atoms with Crippen molar-refractivity contribution in [2.75, 3.05) is 26.2 Å². The molecule has 0 saturated carbocycles. The topological polar surface area (TPSA) is 13.7 Å². The van der Waals surface area contributed by atoms with E-state index in [2.05, 4.69) is 108 Å². The van der Waals surface area contributed by atoms with Crippen LogP contribution in [0.5, 0.6) is 5.75 Å². The number of allylic oxidation sites excluding steroid dienone is 1. The average molecular weight is 524 g/mol. The van der Waals surface area contributed by atoms with E-state index in [9.17, 15) is 0 Å². The van der Waals surface area contributed by atoms with Gasteiger partial charge in [-0.15, -0.1) is 0 Å². The Balaban J connectivity index is 1.62. The number of quaternary nitrogens is 1. The van der Waals surface area contributed by atoms with Gasteiger partial charge in [0.1, 0.15) is 18.9 Å². The van der Waals surface area contributed by atoms with E-state index >= 15 is 0 Å². The van der Waals surface area contributed by atoms with Gasteiger partial charge in [0.15, 0.2) is 0 Å². The molecule has 0 atom stereocenters. The number of rotatable bonds is 8. The smallest absolute Gasteiger partial charge is 0.137 e. The number of likely N-dealkylation sites (tertiary alicyclic amines) is 1. The second-order valence-electron chi connectivity index (χ2n) is 8.16. The molecule has 0 radical (unpaired) electrons. The predicted molar refractivity (Wildman–Crippen MR) is 139 cm³/mol. The fourth-order valence-corrected chi connectivity index (χ4v) is 4.81. The number of halogens is 1. The van der Waals surface area contributed by atoms with Gasteiger partial charge in [-0.2, -0.15) is 0 Å². The zero-order chi connectivity index (χ0) is 21.5. The van der Waals surface area contributed by atoms with Gasteiger partial charge in [0, 0.05) is 16.4 Å². The summed E-state index contributed by atoms with van der Waals surface area (Å²) >= 11 is 2.37. The van der Waals surface area contributed by atoms with E-state index in [0.29, 0.717) is 0 Å². The fraction of sp³-hybridized carbons (Fsp3) is 0.286. The Hall–Kier alpha value is -2.11. The molecule has 4 rings (SSSR count). The zero-order valence-electron chi connectivity index (χ0n) is 18.2. The summed E-state index contributed by atoms with van der Waals surface area (Å²) < 4.78 is 7.31. The van der Waals surface area contributed by atoms with E-state index < -0.39 is 0 Å². The maximum Gasteiger partial charge on any atom is 0.137 e. The molecule has 3 aromatic rings. The minimum Gasteiger partial charge on any atom is -0.488 e. The molecule has 3 aromatic carbocycles. The van der Waals surface area contributed by atoms with Crippen molar-refractivity contribution in [1.29, 1.82) is 0 Å². The van der Waals surface area contributed by atoms with Crippen LogP contribution in [0, 0.1) is 3.57 Å². The van der Waals surface area contributed by atoms with Crippen LogP contribution in [-0.4, -0.2) is 26.2 Å². The van der Waals surface area contributed by atoms with Crippen LogP contribution in [0.3, 0.4) is 0 Å². The molecule has 0 aliphatic carbocycles. The molecule has 2 nitrogen and oxygen atoms in total. The second kappa shape index (κ2) is 11.0. The van der Waals surface area contributed by atoms with E-state index in [-0.39, 0.29) is 0 Å². The summed E-state index contributed by atoms with van der Waals surface area (Å²) in [5.74, 6) is 0.960. The van der Waals surface area contributed by atoms with Crippen LogP contribution in [0.2, 0.25) is 0 Å². The first-order chi connectivity index (χ1) is 15.2. The third-order valence-corrected chi connectivity index (χ3v) is 6.81. The third-order valence-electron chi connectivity index (χ3n) is 6.09. The van der Waals surface area contributed by atoms with Gasteiger partial charge in [0.25, 0.3) is 0 Å². The molecule has 1 fully saturated rings. The number of hydrogen-bond donors (Lipinski definition) is 1. The van der Waals surface area contributed by atoms with Crippen molar-refractivity contribution in [3.05, 3.63) is 99.1 Å². The van der Waals surface area contributed by atoms with Crippen LogP contribution in [0.25, 0.3) is 11.1 Å². The molecular formula is C28H31INO+. The minimum absolute atomic E-state index is 0.790. The van der Waals surface area contributed by atoms with Gasteiger partial charge in [-0.3, -0.25) is 0 Å². The first-order valence-electron chi connectivity index (χ1n) is 11.4. The van der Waals surface area contributed by atoms with Gasteiger partial charge in [-0.05, 0) is 81.1 Å². The van der Waals surface area contributed by atoms with Crippen LogP contribution < -0.4 is 9.64 Å². The van der Waals surface area contributed by atoms with Crippen molar-refractivity contribution >= 4 is 33.7 Å². The van der Waals surface area contributed by atoms with E-state index in [1.807, 2.05) is 0 Å². The van der Waals surface area contributed by atoms with Gasteiger partial charge < -0.3 is 9.64 Å². The number of nitrogens with one attached hydrogen (secondary N) is 1. The maximum atomic E-state index is 6.06. The van der Waals surface area contributed by atoms with E-state index in [1.54, 1.807) is 4.90 Å². The summed E-state index contributed by atoms with van der Waals surface area (Å²) in [7, 11) is 0. The first kappa shape index (κ1) is 22.1. The molecule has 1 N–H and O–H groups in total. The van der Waals surface area contributed by atoms with Gasteiger partial charge in [-0.1, -0.05) is 61.5 Å². The monoisotopic (exact) mass is 524 g/mol. The van der Waals surface area contributed by atoms with Crippen molar-refractivity contribution in [2.45, 2.75) is 26.2 Å². The van der Waals surface area contributed by atoms with Crippen LogP contribution in [0.15, 0.2) is 78.9 Å². The molecule has 0 spiro atoms. The van der Waals surface area contributed by atoms with Gasteiger partial charge in [-0.25, -0.2) is 0 Å². The van der Waals surface area contributed by atoms with Gasteiger partial charge >= 0.3 is 0 Å². The summed E-state index contributed by atoms with van der Waals surface area (Å²) in [5.41, 5.74) is 6.45. The third kappa shape index (κ3) is 5.78. The molecule has 0 aromatic heterocycles. The van der Waals surface area contributed by atoms with Crippen LogP contribution in [-0.2, 0) is 0 Å². The Morgan fingerprint density at radius 3 is 2.03 bits per heavy atom. The lowest BCUT2D eigenvalue weighted by Gasteiger charge is -2.17.